The zero-order valence-electron chi connectivity index (χ0n) is 6.77. The lowest BCUT2D eigenvalue weighted by molar-refractivity contribution is 1.45. The Bertz CT molecular complexity index is 583. The van der Waals surface area contributed by atoms with Gasteiger partial charge in [-0.05, 0) is 12.1 Å². The molecule has 2 rings (SSSR count). The van der Waals surface area contributed by atoms with E-state index in [-0.39, 0.29) is 0 Å². The van der Waals surface area contributed by atoms with Crippen LogP contribution in [0.4, 0.5) is 0 Å². The van der Waals surface area contributed by atoms with Crippen LogP contribution < -0.4 is 0 Å². The van der Waals surface area contributed by atoms with Crippen molar-refractivity contribution in [3.63, 3.8) is 0 Å². The molecule has 1 heterocycles. The number of nitrogens with zero attached hydrogens (tertiary/aromatic N) is 2. The number of rotatable bonds is 0. The first-order chi connectivity index (χ1) is 6.74. The Kier molecular flexibility index (Phi) is 2.30. The fourth-order valence-electron chi connectivity index (χ4n) is 1.10. The molecule has 0 atom stereocenters. The minimum absolute atomic E-state index is 0.420. The molecule has 0 unspecified atom stereocenters. The van der Waals surface area contributed by atoms with E-state index in [1.165, 1.54) is 22.7 Å². The molecule has 0 aliphatic heterocycles. The van der Waals surface area contributed by atoms with Gasteiger partial charge in [-0.3, -0.25) is 0 Å². The molecule has 0 saturated carbocycles. The van der Waals surface area contributed by atoms with Gasteiger partial charge in [0.15, 0.2) is 0 Å². The molecule has 1 aromatic heterocycles. The smallest absolute Gasteiger partial charge is 0.144 e. The molecule has 0 bridgehead atoms. The van der Waals surface area contributed by atoms with Gasteiger partial charge in [0.05, 0.1) is 11.1 Å². The summed E-state index contributed by atoms with van der Waals surface area (Å²) >= 11 is 7.99. The summed E-state index contributed by atoms with van der Waals surface area (Å²) < 4.78 is 2.78. The van der Waals surface area contributed by atoms with Crippen molar-refractivity contribution in [2.24, 2.45) is 0 Å². The molecular weight excluding hydrogens is 232 g/mol. The fraction of sp³-hybridized carbons (Fsp3) is 0. The van der Waals surface area contributed by atoms with Crippen LogP contribution in [-0.2, 0) is 0 Å². The summed E-state index contributed by atoms with van der Waals surface area (Å²) in [5.41, 5.74) is 0.841. The summed E-state index contributed by atoms with van der Waals surface area (Å²) in [5, 5.41) is 17.6. The number of fused-ring (bicyclic) bond motifs is 1. The van der Waals surface area contributed by atoms with E-state index in [4.69, 9.17) is 22.7 Å². The van der Waals surface area contributed by atoms with Gasteiger partial charge < -0.3 is 0 Å². The van der Waals surface area contributed by atoms with Crippen molar-refractivity contribution in [3.8, 4) is 12.1 Å². The third kappa shape index (κ3) is 1.42. The predicted molar refractivity (Wildman–Crippen MR) is 60.0 cm³/mol. The lowest BCUT2D eigenvalue weighted by atomic mass is 10.1. The largest absolute Gasteiger partial charge is 0.192 e. The summed E-state index contributed by atoms with van der Waals surface area (Å²) in [6.07, 6.45) is 0. The number of nitriles is 2. The van der Waals surface area contributed by atoms with Gasteiger partial charge in [-0.2, -0.15) is 10.5 Å². The van der Waals surface area contributed by atoms with E-state index in [9.17, 15) is 0 Å². The van der Waals surface area contributed by atoms with Gasteiger partial charge in [-0.25, -0.2) is 0 Å². The zero-order valence-corrected chi connectivity index (χ0v) is 9.22. The van der Waals surface area contributed by atoms with Gasteiger partial charge in [0.1, 0.15) is 15.3 Å². The Hall–Kier alpha value is -1.27. The Balaban J connectivity index is 2.91. The second-order valence-corrected chi connectivity index (χ2v) is 5.81. The van der Waals surface area contributed by atoms with Crippen molar-refractivity contribution in [1.82, 2.24) is 0 Å². The van der Waals surface area contributed by atoms with Crippen LogP contribution in [0.15, 0.2) is 12.1 Å². The number of hydrogen-bond donors (Lipinski definition) is 0. The molecule has 5 heteroatoms. The highest BCUT2D eigenvalue weighted by molar-refractivity contribution is 7.77. The van der Waals surface area contributed by atoms with Crippen molar-refractivity contribution >= 4 is 44.3 Å². The Morgan fingerprint density at radius 1 is 1.00 bits per heavy atom. The van der Waals surface area contributed by atoms with Crippen LogP contribution in [-0.4, -0.2) is 0 Å². The summed E-state index contributed by atoms with van der Waals surface area (Å²) in [7, 11) is 0. The molecule has 0 fully saturated rings. The van der Waals surface area contributed by atoms with Crippen molar-refractivity contribution in [1.29, 1.82) is 10.5 Å². The molecule has 2 aromatic rings. The maximum atomic E-state index is 8.80. The van der Waals surface area contributed by atoms with E-state index in [1.807, 2.05) is 12.1 Å². The molecule has 0 aliphatic rings. The quantitative estimate of drug-likeness (QED) is 0.656. The standard InChI is InChI=1S/C9H2N2S3/c10-3-5-1-7-8(2-6(5)4-11)14-9(12)13-7/h1-2H. The first kappa shape index (κ1) is 9.29. The normalized spacial score (nSPS) is 9.57. The van der Waals surface area contributed by atoms with Gasteiger partial charge in [0, 0.05) is 9.40 Å². The molecule has 0 N–H and O–H groups in total. The first-order valence-corrected chi connectivity index (χ1v) is 5.66. The van der Waals surface area contributed by atoms with Crippen LogP contribution in [0.25, 0.3) is 9.40 Å². The Labute approximate surface area is 93.3 Å². The summed E-state index contributed by atoms with van der Waals surface area (Å²) in [6, 6.07) is 7.46. The van der Waals surface area contributed by atoms with Crippen LogP contribution in [0.1, 0.15) is 11.1 Å². The van der Waals surface area contributed by atoms with E-state index in [2.05, 4.69) is 0 Å². The third-order valence-corrected chi connectivity index (χ3v) is 4.29. The van der Waals surface area contributed by atoms with Gasteiger partial charge in [0.25, 0.3) is 0 Å². The van der Waals surface area contributed by atoms with E-state index in [0.29, 0.717) is 11.1 Å². The van der Waals surface area contributed by atoms with Crippen molar-refractivity contribution < 1.29 is 0 Å². The maximum absolute atomic E-state index is 8.80. The van der Waals surface area contributed by atoms with Crippen molar-refractivity contribution in [2.75, 3.05) is 0 Å². The van der Waals surface area contributed by atoms with Crippen LogP contribution in [0.3, 0.4) is 0 Å². The highest BCUT2D eigenvalue weighted by Crippen LogP contribution is 2.30. The molecule has 0 saturated heterocycles. The van der Waals surface area contributed by atoms with Crippen LogP contribution >= 0.6 is 34.9 Å². The van der Waals surface area contributed by atoms with Crippen molar-refractivity contribution in [3.05, 3.63) is 26.4 Å². The van der Waals surface area contributed by atoms with Crippen LogP contribution in [0.2, 0.25) is 0 Å². The van der Waals surface area contributed by atoms with E-state index >= 15 is 0 Å². The average Bonchev–Trinajstić information content (AvgIpc) is 2.54. The second kappa shape index (κ2) is 3.47. The molecule has 14 heavy (non-hydrogen) atoms. The second-order valence-electron chi connectivity index (χ2n) is 2.52. The summed E-state index contributed by atoms with van der Waals surface area (Å²) in [5.74, 6) is 0. The molecule has 1 aromatic carbocycles. The van der Waals surface area contributed by atoms with E-state index in [0.717, 1.165) is 12.5 Å². The van der Waals surface area contributed by atoms with Gasteiger partial charge in [-0.1, -0.05) is 12.2 Å². The van der Waals surface area contributed by atoms with E-state index < -0.39 is 0 Å². The fourth-order valence-corrected chi connectivity index (χ4v) is 3.63. The van der Waals surface area contributed by atoms with Gasteiger partial charge in [0.2, 0.25) is 0 Å². The first-order valence-electron chi connectivity index (χ1n) is 3.62. The van der Waals surface area contributed by atoms with Crippen LogP contribution in [0.5, 0.6) is 0 Å². The molecule has 66 valence electrons. The number of hydrogen-bond acceptors (Lipinski definition) is 5. The minimum Gasteiger partial charge on any atom is -0.192 e. The summed E-state index contributed by atoms with van der Waals surface area (Å²) in [6.45, 7) is 0. The highest BCUT2D eigenvalue weighted by Gasteiger charge is 2.05. The van der Waals surface area contributed by atoms with Crippen LogP contribution in [0, 0.1) is 25.8 Å². The van der Waals surface area contributed by atoms with Gasteiger partial charge >= 0.3 is 0 Å². The lowest BCUT2D eigenvalue weighted by Gasteiger charge is -1.92. The highest BCUT2D eigenvalue weighted by atomic mass is 32.2. The van der Waals surface area contributed by atoms with Gasteiger partial charge in [-0.15, -0.1) is 22.7 Å². The molecule has 2 nitrogen and oxygen atoms in total. The predicted octanol–water partition coefficient (Wildman–Crippen LogP) is 3.44. The molecule has 0 amide bonds. The molecular formula is C9H2N2S3. The zero-order chi connectivity index (χ0) is 10.1. The third-order valence-electron chi connectivity index (χ3n) is 1.71. The maximum Gasteiger partial charge on any atom is 0.144 e. The molecule has 0 radical (unpaired) electrons. The average molecular weight is 234 g/mol. The Morgan fingerprint density at radius 2 is 1.43 bits per heavy atom. The Morgan fingerprint density at radius 3 is 1.79 bits per heavy atom. The lowest BCUT2D eigenvalue weighted by Crippen LogP contribution is -1.81. The molecule has 0 aliphatic carbocycles. The minimum atomic E-state index is 0.420. The topological polar surface area (TPSA) is 47.6 Å². The molecule has 0 spiro atoms. The SMILES string of the molecule is N#Cc1cc2sc(=S)sc2cc1C#N. The number of benzene rings is 1. The summed E-state index contributed by atoms with van der Waals surface area (Å²) in [4.78, 5) is 0. The van der Waals surface area contributed by atoms with Crippen molar-refractivity contribution in [2.45, 2.75) is 0 Å². The monoisotopic (exact) mass is 234 g/mol. The van der Waals surface area contributed by atoms with E-state index in [1.54, 1.807) is 12.1 Å².